The number of rotatable bonds is 36. The van der Waals surface area contributed by atoms with Gasteiger partial charge in [0, 0.05) is 19.3 Å². The summed E-state index contributed by atoms with van der Waals surface area (Å²) in [4.78, 5) is 37.2. The first kappa shape index (κ1) is 46.6. The molecule has 6 heteroatoms. The topological polar surface area (TPSA) is 78.9 Å². The number of hydrogen-bond acceptors (Lipinski definition) is 6. The van der Waals surface area contributed by atoms with Crippen LogP contribution in [0.2, 0.25) is 0 Å². The van der Waals surface area contributed by atoms with E-state index in [1.165, 1.54) is 77.0 Å². The van der Waals surface area contributed by atoms with E-state index in [-0.39, 0.29) is 31.1 Å². The Bertz CT molecular complexity index is 845. The third-order valence-corrected chi connectivity index (χ3v) is 8.65. The SMILES string of the molecule is CCCCC/C=C\C/C=C\C/C=C\CCCCCCCCC(=O)OCC(COC(=O)CCCCCCC)OC(=O)CCCCCCCCC. The van der Waals surface area contributed by atoms with Gasteiger partial charge in [0.05, 0.1) is 0 Å². The van der Waals surface area contributed by atoms with Crippen LogP contribution in [0.15, 0.2) is 36.5 Å². The van der Waals surface area contributed by atoms with E-state index >= 15 is 0 Å². The second kappa shape index (κ2) is 38.4. The molecular weight excluding hydrogens is 612 g/mol. The van der Waals surface area contributed by atoms with E-state index in [1.54, 1.807) is 0 Å². The molecule has 0 N–H and O–H groups in total. The lowest BCUT2D eigenvalue weighted by Crippen LogP contribution is -2.30. The van der Waals surface area contributed by atoms with Crippen LogP contribution in [0.25, 0.3) is 0 Å². The van der Waals surface area contributed by atoms with Crippen molar-refractivity contribution in [3.8, 4) is 0 Å². The summed E-state index contributed by atoms with van der Waals surface area (Å²) in [6.45, 7) is 6.45. The molecule has 284 valence electrons. The van der Waals surface area contributed by atoms with E-state index in [2.05, 4.69) is 57.2 Å². The number of esters is 3. The lowest BCUT2D eigenvalue weighted by Gasteiger charge is -2.18. The van der Waals surface area contributed by atoms with Gasteiger partial charge in [0.2, 0.25) is 0 Å². The maximum atomic E-state index is 12.5. The fraction of sp³-hybridized carbons (Fsp3) is 0.791. The maximum absolute atomic E-state index is 12.5. The molecule has 0 saturated carbocycles. The van der Waals surface area contributed by atoms with Gasteiger partial charge < -0.3 is 14.2 Å². The van der Waals surface area contributed by atoms with Crippen LogP contribution < -0.4 is 0 Å². The normalized spacial score (nSPS) is 12.3. The van der Waals surface area contributed by atoms with Gasteiger partial charge in [-0.15, -0.1) is 0 Å². The van der Waals surface area contributed by atoms with Gasteiger partial charge in [-0.1, -0.05) is 160 Å². The smallest absolute Gasteiger partial charge is 0.306 e. The third kappa shape index (κ3) is 36.7. The Kier molecular flexibility index (Phi) is 36.6. The molecule has 0 aromatic carbocycles. The van der Waals surface area contributed by atoms with Crippen molar-refractivity contribution in [2.24, 2.45) is 0 Å². The number of hydrogen-bond donors (Lipinski definition) is 0. The Labute approximate surface area is 302 Å². The molecular formula is C43H76O6. The van der Waals surface area contributed by atoms with Crippen molar-refractivity contribution in [3.05, 3.63) is 36.5 Å². The Morgan fingerprint density at radius 3 is 1.18 bits per heavy atom. The van der Waals surface area contributed by atoms with Gasteiger partial charge in [0.1, 0.15) is 13.2 Å². The van der Waals surface area contributed by atoms with E-state index in [4.69, 9.17) is 14.2 Å². The molecule has 1 atom stereocenters. The van der Waals surface area contributed by atoms with Gasteiger partial charge in [-0.05, 0) is 57.8 Å². The van der Waals surface area contributed by atoms with Crippen LogP contribution in [0, 0.1) is 0 Å². The Morgan fingerprint density at radius 1 is 0.408 bits per heavy atom. The van der Waals surface area contributed by atoms with Crippen molar-refractivity contribution < 1.29 is 28.6 Å². The summed E-state index contributed by atoms with van der Waals surface area (Å²) in [7, 11) is 0. The van der Waals surface area contributed by atoms with E-state index in [0.29, 0.717) is 19.3 Å². The standard InChI is InChI=1S/C43H76O6/c1-4-7-10-13-15-16-17-18-19-20-21-22-23-24-25-26-28-30-33-36-42(45)48-39-40(38-47-41(44)35-32-29-12-9-6-3)49-43(46)37-34-31-27-14-11-8-5-2/h15-16,18-19,21-22,40H,4-14,17,20,23-39H2,1-3H3/b16-15-,19-18-,22-21-. The van der Waals surface area contributed by atoms with Crippen LogP contribution in [-0.4, -0.2) is 37.2 Å². The van der Waals surface area contributed by atoms with Crippen LogP contribution >= 0.6 is 0 Å². The maximum Gasteiger partial charge on any atom is 0.306 e. The van der Waals surface area contributed by atoms with Gasteiger partial charge >= 0.3 is 17.9 Å². The molecule has 0 bridgehead atoms. The fourth-order valence-corrected chi connectivity index (χ4v) is 5.50. The highest BCUT2D eigenvalue weighted by Crippen LogP contribution is 2.13. The first-order chi connectivity index (χ1) is 24.0. The largest absolute Gasteiger partial charge is 0.462 e. The van der Waals surface area contributed by atoms with Gasteiger partial charge in [-0.3, -0.25) is 14.4 Å². The van der Waals surface area contributed by atoms with Crippen LogP contribution in [0.1, 0.15) is 201 Å². The molecule has 0 saturated heterocycles. The third-order valence-electron chi connectivity index (χ3n) is 8.65. The summed E-state index contributed by atoms with van der Waals surface area (Å²) in [5.74, 6) is -0.914. The molecule has 6 nitrogen and oxygen atoms in total. The fourth-order valence-electron chi connectivity index (χ4n) is 5.50. The highest BCUT2D eigenvalue weighted by molar-refractivity contribution is 5.71. The van der Waals surface area contributed by atoms with Crippen molar-refractivity contribution in [1.29, 1.82) is 0 Å². The number of carbonyl (C=O) groups excluding carboxylic acids is 3. The second-order valence-electron chi connectivity index (χ2n) is 13.6. The van der Waals surface area contributed by atoms with Gasteiger partial charge in [-0.2, -0.15) is 0 Å². The summed E-state index contributed by atoms with van der Waals surface area (Å²) in [6.07, 6.45) is 41.7. The summed E-state index contributed by atoms with van der Waals surface area (Å²) in [6, 6.07) is 0. The first-order valence-corrected chi connectivity index (χ1v) is 20.5. The predicted molar refractivity (Wildman–Crippen MR) is 206 cm³/mol. The first-order valence-electron chi connectivity index (χ1n) is 20.5. The Balaban J connectivity index is 4.16. The zero-order valence-electron chi connectivity index (χ0n) is 32.2. The zero-order chi connectivity index (χ0) is 35.9. The molecule has 0 aliphatic heterocycles. The lowest BCUT2D eigenvalue weighted by molar-refractivity contribution is -0.167. The monoisotopic (exact) mass is 689 g/mol. The van der Waals surface area contributed by atoms with Crippen LogP contribution in [0.3, 0.4) is 0 Å². The minimum atomic E-state index is -0.766. The highest BCUT2D eigenvalue weighted by Gasteiger charge is 2.19. The quantitative estimate of drug-likeness (QED) is 0.0282. The number of unbranched alkanes of at least 4 members (excludes halogenated alkanes) is 19. The Morgan fingerprint density at radius 2 is 0.735 bits per heavy atom. The summed E-state index contributed by atoms with van der Waals surface area (Å²) >= 11 is 0. The molecule has 49 heavy (non-hydrogen) atoms. The van der Waals surface area contributed by atoms with E-state index in [1.807, 2.05) is 0 Å². The molecule has 0 radical (unpaired) electrons. The highest BCUT2D eigenvalue weighted by atomic mass is 16.6. The van der Waals surface area contributed by atoms with E-state index in [9.17, 15) is 14.4 Å². The molecule has 0 aromatic heterocycles. The molecule has 0 aliphatic rings. The van der Waals surface area contributed by atoms with Crippen molar-refractivity contribution in [1.82, 2.24) is 0 Å². The van der Waals surface area contributed by atoms with Gasteiger partial charge in [-0.25, -0.2) is 0 Å². The molecule has 0 heterocycles. The molecule has 1 unspecified atom stereocenters. The van der Waals surface area contributed by atoms with E-state index in [0.717, 1.165) is 83.5 Å². The molecule has 0 rings (SSSR count). The molecule has 0 amide bonds. The van der Waals surface area contributed by atoms with Crippen molar-refractivity contribution in [2.75, 3.05) is 13.2 Å². The molecule has 0 aliphatic carbocycles. The van der Waals surface area contributed by atoms with Crippen molar-refractivity contribution in [3.63, 3.8) is 0 Å². The van der Waals surface area contributed by atoms with Crippen LogP contribution in [-0.2, 0) is 28.6 Å². The van der Waals surface area contributed by atoms with Gasteiger partial charge in [0.15, 0.2) is 6.10 Å². The zero-order valence-corrected chi connectivity index (χ0v) is 32.2. The average Bonchev–Trinajstić information content (AvgIpc) is 3.09. The number of carbonyl (C=O) groups is 3. The predicted octanol–water partition coefficient (Wildman–Crippen LogP) is 12.6. The van der Waals surface area contributed by atoms with Crippen LogP contribution in [0.5, 0.6) is 0 Å². The number of allylic oxidation sites excluding steroid dienone is 6. The average molecular weight is 689 g/mol. The lowest BCUT2D eigenvalue weighted by atomic mass is 10.1. The van der Waals surface area contributed by atoms with Crippen LogP contribution in [0.4, 0.5) is 0 Å². The minimum Gasteiger partial charge on any atom is -0.462 e. The van der Waals surface area contributed by atoms with Gasteiger partial charge in [0.25, 0.3) is 0 Å². The summed E-state index contributed by atoms with van der Waals surface area (Å²) < 4.78 is 16.5. The summed E-state index contributed by atoms with van der Waals surface area (Å²) in [5.41, 5.74) is 0. The van der Waals surface area contributed by atoms with Crippen molar-refractivity contribution in [2.45, 2.75) is 207 Å². The molecule has 0 fully saturated rings. The molecule has 0 aromatic rings. The number of ether oxygens (including phenoxy) is 3. The van der Waals surface area contributed by atoms with Crippen molar-refractivity contribution >= 4 is 17.9 Å². The molecule has 0 spiro atoms. The van der Waals surface area contributed by atoms with E-state index < -0.39 is 6.10 Å². The minimum absolute atomic E-state index is 0.0768. The Hall–Kier alpha value is -2.37. The summed E-state index contributed by atoms with van der Waals surface area (Å²) in [5, 5.41) is 0. The second-order valence-corrected chi connectivity index (χ2v) is 13.6.